The Balaban J connectivity index is 3.11. The maximum absolute atomic E-state index is 12.6. The van der Waals surface area contributed by atoms with Crippen LogP contribution in [0.15, 0.2) is 36.9 Å². The maximum Gasteiger partial charge on any atom is 0.325 e. The van der Waals surface area contributed by atoms with Gasteiger partial charge >= 0.3 is 12.0 Å². The summed E-state index contributed by atoms with van der Waals surface area (Å²) in [4.78, 5) is 26.4. The molecule has 0 bridgehead atoms. The van der Waals surface area contributed by atoms with Gasteiger partial charge in [-0.2, -0.15) is 0 Å². The van der Waals surface area contributed by atoms with E-state index in [0.717, 1.165) is 0 Å². The predicted octanol–water partition coefficient (Wildman–Crippen LogP) is 3.25. The number of nitrogens with zero attached hydrogens (tertiary/aromatic N) is 2. The number of urea groups is 1. The summed E-state index contributed by atoms with van der Waals surface area (Å²) in [6.07, 6.45) is 1.61. The molecule has 0 atom stereocenters. The number of carboxylic acid groups (broad SMARTS) is 1. The molecule has 6 heteroatoms. The zero-order valence-corrected chi connectivity index (χ0v) is 12.9. The van der Waals surface area contributed by atoms with Crippen molar-refractivity contribution >= 4 is 29.3 Å². The van der Waals surface area contributed by atoms with Crippen molar-refractivity contribution in [1.82, 2.24) is 4.90 Å². The van der Waals surface area contributed by atoms with Crippen molar-refractivity contribution in [2.45, 2.75) is 19.9 Å². The number of rotatable bonds is 6. The third-order valence-corrected chi connectivity index (χ3v) is 3.11. The fourth-order valence-electron chi connectivity index (χ4n) is 1.83. The van der Waals surface area contributed by atoms with Gasteiger partial charge < -0.3 is 10.0 Å². The first-order valence-corrected chi connectivity index (χ1v) is 6.91. The predicted molar refractivity (Wildman–Crippen MR) is 83.9 cm³/mol. The molecule has 1 aromatic rings. The van der Waals surface area contributed by atoms with Crippen molar-refractivity contribution < 1.29 is 14.7 Å². The lowest BCUT2D eigenvalue weighted by Gasteiger charge is -2.31. The van der Waals surface area contributed by atoms with E-state index in [2.05, 4.69) is 6.58 Å². The minimum atomic E-state index is -1.08. The van der Waals surface area contributed by atoms with Gasteiger partial charge in [-0.3, -0.25) is 9.69 Å². The fraction of sp³-hybridized carbons (Fsp3) is 0.333. The molecule has 114 valence electrons. The second-order valence-corrected chi connectivity index (χ2v) is 5.21. The second kappa shape index (κ2) is 7.69. The van der Waals surface area contributed by atoms with Gasteiger partial charge in [0.15, 0.2) is 0 Å². The smallest absolute Gasteiger partial charge is 0.325 e. The molecule has 0 saturated heterocycles. The van der Waals surface area contributed by atoms with Crippen LogP contribution in [0.5, 0.6) is 0 Å². The molecule has 0 unspecified atom stereocenters. The summed E-state index contributed by atoms with van der Waals surface area (Å²) in [5, 5.41) is 9.56. The minimum Gasteiger partial charge on any atom is -0.480 e. The summed E-state index contributed by atoms with van der Waals surface area (Å²) in [5.41, 5.74) is 0.488. The number of carbonyl (C=O) groups is 2. The number of hydrogen-bond acceptors (Lipinski definition) is 2. The molecule has 0 fully saturated rings. The molecule has 0 saturated carbocycles. The van der Waals surface area contributed by atoms with Crippen LogP contribution in [-0.2, 0) is 4.79 Å². The number of amides is 2. The molecule has 1 rings (SSSR count). The maximum atomic E-state index is 12.6. The topological polar surface area (TPSA) is 60.9 Å². The highest BCUT2D eigenvalue weighted by atomic mass is 35.5. The minimum absolute atomic E-state index is 0.0703. The van der Waals surface area contributed by atoms with Crippen LogP contribution in [0.4, 0.5) is 10.5 Å². The van der Waals surface area contributed by atoms with E-state index in [1.54, 1.807) is 35.2 Å². The van der Waals surface area contributed by atoms with Gasteiger partial charge in [0.1, 0.15) is 6.54 Å². The van der Waals surface area contributed by atoms with E-state index in [0.29, 0.717) is 17.3 Å². The monoisotopic (exact) mass is 310 g/mol. The van der Waals surface area contributed by atoms with Gasteiger partial charge in [-0.15, -0.1) is 6.58 Å². The number of anilines is 1. The van der Waals surface area contributed by atoms with Gasteiger partial charge in [-0.25, -0.2) is 4.79 Å². The third-order valence-electron chi connectivity index (χ3n) is 2.86. The van der Waals surface area contributed by atoms with Gasteiger partial charge in [-0.05, 0) is 38.1 Å². The summed E-state index contributed by atoms with van der Waals surface area (Å²) in [6, 6.07) is 6.03. The molecule has 0 radical (unpaired) electrons. The Bertz CT molecular complexity index is 514. The molecule has 5 nitrogen and oxygen atoms in total. The Hall–Kier alpha value is -2.01. The summed E-state index contributed by atoms with van der Waals surface area (Å²) in [7, 11) is 0. The van der Waals surface area contributed by atoms with Crippen LogP contribution >= 0.6 is 11.6 Å². The van der Waals surface area contributed by atoms with Crippen LogP contribution in [0.25, 0.3) is 0 Å². The molecular formula is C15H19ClN2O3. The van der Waals surface area contributed by atoms with Crippen LogP contribution in [-0.4, -0.2) is 41.1 Å². The van der Waals surface area contributed by atoms with Crippen molar-refractivity contribution in [2.24, 2.45) is 0 Å². The van der Waals surface area contributed by atoms with Gasteiger partial charge in [0.2, 0.25) is 0 Å². The Morgan fingerprint density at radius 3 is 2.33 bits per heavy atom. The van der Waals surface area contributed by atoms with Crippen LogP contribution in [0.2, 0.25) is 5.02 Å². The van der Waals surface area contributed by atoms with E-state index >= 15 is 0 Å². The molecule has 1 N–H and O–H groups in total. The quantitative estimate of drug-likeness (QED) is 0.820. The van der Waals surface area contributed by atoms with Crippen LogP contribution in [0.3, 0.4) is 0 Å². The number of benzene rings is 1. The van der Waals surface area contributed by atoms with Crippen LogP contribution in [0.1, 0.15) is 13.8 Å². The van der Waals surface area contributed by atoms with Crippen LogP contribution in [0, 0.1) is 0 Å². The van der Waals surface area contributed by atoms with Crippen molar-refractivity contribution in [2.75, 3.05) is 18.0 Å². The Labute approximate surface area is 129 Å². The average Bonchev–Trinajstić information content (AvgIpc) is 2.42. The largest absolute Gasteiger partial charge is 0.480 e. The summed E-state index contributed by atoms with van der Waals surface area (Å²) in [5.74, 6) is -1.08. The lowest BCUT2D eigenvalue weighted by Crippen LogP contribution is -2.48. The standard InChI is InChI=1S/C15H19ClN2O3/c1-4-9-17(11(2)3)15(21)18(10-14(19)20)13-7-5-12(16)6-8-13/h4-8,11H,1,9-10H2,2-3H3,(H,19,20). The Morgan fingerprint density at radius 2 is 1.90 bits per heavy atom. The van der Waals surface area contributed by atoms with E-state index < -0.39 is 12.5 Å². The first-order chi connectivity index (χ1) is 9.86. The SMILES string of the molecule is C=CCN(C(=O)N(CC(=O)O)c1ccc(Cl)cc1)C(C)C. The highest BCUT2D eigenvalue weighted by Crippen LogP contribution is 2.20. The van der Waals surface area contributed by atoms with Crippen LogP contribution < -0.4 is 4.90 Å². The molecule has 0 spiro atoms. The Morgan fingerprint density at radius 1 is 1.33 bits per heavy atom. The summed E-state index contributed by atoms with van der Waals surface area (Å²) < 4.78 is 0. The molecule has 0 heterocycles. The first-order valence-electron chi connectivity index (χ1n) is 6.53. The van der Waals surface area contributed by atoms with Crippen molar-refractivity contribution in [3.05, 3.63) is 41.9 Å². The first kappa shape index (κ1) is 17.0. The molecule has 0 aromatic heterocycles. The number of hydrogen-bond donors (Lipinski definition) is 1. The van der Waals surface area contributed by atoms with E-state index in [1.165, 1.54) is 4.90 Å². The lowest BCUT2D eigenvalue weighted by molar-refractivity contribution is -0.135. The normalized spacial score (nSPS) is 10.3. The van der Waals surface area contributed by atoms with Gasteiger partial charge in [0, 0.05) is 23.3 Å². The zero-order valence-electron chi connectivity index (χ0n) is 12.1. The molecule has 0 aliphatic rings. The van der Waals surface area contributed by atoms with E-state index in [4.69, 9.17) is 16.7 Å². The number of aliphatic carboxylic acids is 1. The van der Waals surface area contributed by atoms with E-state index in [-0.39, 0.29) is 12.1 Å². The molecule has 21 heavy (non-hydrogen) atoms. The van der Waals surface area contributed by atoms with Gasteiger partial charge in [-0.1, -0.05) is 17.7 Å². The summed E-state index contributed by atoms with van der Waals surface area (Å²) >= 11 is 5.82. The van der Waals surface area contributed by atoms with Crippen molar-refractivity contribution in [3.8, 4) is 0 Å². The van der Waals surface area contributed by atoms with E-state index in [1.807, 2.05) is 13.8 Å². The molecular weight excluding hydrogens is 292 g/mol. The zero-order chi connectivity index (χ0) is 16.0. The molecule has 0 aliphatic carbocycles. The van der Waals surface area contributed by atoms with Gasteiger partial charge in [0.05, 0.1) is 0 Å². The highest BCUT2D eigenvalue weighted by molar-refractivity contribution is 6.30. The second-order valence-electron chi connectivity index (χ2n) is 4.77. The molecule has 0 aliphatic heterocycles. The third kappa shape index (κ3) is 4.79. The van der Waals surface area contributed by atoms with Crippen molar-refractivity contribution in [1.29, 1.82) is 0 Å². The van der Waals surface area contributed by atoms with E-state index in [9.17, 15) is 9.59 Å². The molecule has 2 amide bonds. The average molecular weight is 311 g/mol. The fourth-order valence-corrected chi connectivity index (χ4v) is 1.96. The summed E-state index contributed by atoms with van der Waals surface area (Å²) in [6.45, 7) is 7.28. The molecule has 1 aromatic carbocycles. The lowest BCUT2D eigenvalue weighted by atomic mass is 10.2. The number of carbonyl (C=O) groups excluding carboxylic acids is 1. The number of halogens is 1. The van der Waals surface area contributed by atoms with Gasteiger partial charge in [0.25, 0.3) is 0 Å². The number of carboxylic acids is 1. The highest BCUT2D eigenvalue weighted by Gasteiger charge is 2.25. The van der Waals surface area contributed by atoms with Crippen molar-refractivity contribution in [3.63, 3.8) is 0 Å². The Kier molecular flexibility index (Phi) is 6.24.